The number of quaternary nitrogens is 1. The zero-order chi connectivity index (χ0) is 18.1. The van der Waals surface area contributed by atoms with Gasteiger partial charge in [0, 0.05) is 31.5 Å². The predicted octanol–water partition coefficient (Wildman–Crippen LogP) is -0.0558. The zero-order valence-electron chi connectivity index (χ0n) is 15.0. The highest BCUT2D eigenvalue weighted by Gasteiger charge is 2.49. The molecule has 0 spiro atoms. The van der Waals surface area contributed by atoms with E-state index in [0.29, 0.717) is 43.0 Å². The monoisotopic (exact) mass is 360 g/mol. The van der Waals surface area contributed by atoms with Crippen LogP contribution in [0, 0.1) is 0 Å². The molecule has 7 nitrogen and oxygen atoms in total. The number of carbonyl (C=O) groups excluding carboxylic acids is 2. The molecule has 0 unspecified atom stereocenters. The molecule has 3 aliphatic heterocycles. The van der Waals surface area contributed by atoms with Crippen LogP contribution in [0.15, 0.2) is 18.2 Å². The average molecular weight is 360 g/mol. The van der Waals surface area contributed by atoms with Crippen molar-refractivity contribution in [3.05, 3.63) is 23.8 Å². The van der Waals surface area contributed by atoms with Crippen molar-refractivity contribution in [1.29, 1.82) is 0 Å². The summed E-state index contributed by atoms with van der Waals surface area (Å²) >= 11 is 0. The second-order valence-electron chi connectivity index (χ2n) is 7.47. The number of benzene rings is 1. The van der Waals surface area contributed by atoms with E-state index in [-0.39, 0.29) is 18.6 Å². The van der Waals surface area contributed by atoms with Crippen molar-refractivity contribution in [3.8, 4) is 11.5 Å². The molecule has 0 radical (unpaired) electrons. The summed E-state index contributed by atoms with van der Waals surface area (Å²) in [7, 11) is 0. The molecule has 1 aromatic carbocycles. The lowest BCUT2D eigenvalue weighted by Crippen LogP contribution is -3.22. The molecule has 1 aromatic rings. The number of primary amides is 1. The molecular weight excluding hydrogens is 334 g/mol. The van der Waals surface area contributed by atoms with Gasteiger partial charge < -0.3 is 25.0 Å². The molecule has 3 N–H and O–H groups in total. The number of nitrogens with two attached hydrogens (primary N) is 1. The number of nitrogens with one attached hydrogen (secondary N) is 1. The number of hydrogen-bond acceptors (Lipinski definition) is 4. The Balaban J connectivity index is 1.46. The van der Waals surface area contributed by atoms with Crippen LogP contribution in [0.25, 0.3) is 0 Å². The maximum atomic E-state index is 12.9. The molecule has 26 heavy (non-hydrogen) atoms. The van der Waals surface area contributed by atoms with Gasteiger partial charge in [0.1, 0.15) is 0 Å². The van der Waals surface area contributed by atoms with Gasteiger partial charge in [0.05, 0.1) is 13.1 Å². The molecule has 2 fully saturated rings. The molecule has 0 aromatic heterocycles. The van der Waals surface area contributed by atoms with Gasteiger partial charge in [0.25, 0.3) is 11.8 Å². The number of fused-ring (bicyclic) bond motifs is 1. The summed E-state index contributed by atoms with van der Waals surface area (Å²) in [6.07, 6.45) is 4.78. The maximum Gasteiger partial charge on any atom is 0.278 e. The second-order valence-corrected chi connectivity index (χ2v) is 7.47. The van der Waals surface area contributed by atoms with Crippen LogP contribution in [0.5, 0.6) is 11.5 Å². The molecular formula is C19H26N3O4+. The Morgan fingerprint density at radius 2 is 1.73 bits per heavy atom. The fourth-order valence-electron chi connectivity index (χ4n) is 4.53. The summed E-state index contributed by atoms with van der Waals surface area (Å²) in [6.45, 7) is 3.30. The van der Waals surface area contributed by atoms with Crippen molar-refractivity contribution in [1.82, 2.24) is 4.90 Å². The first-order valence-corrected chi connectivity index (χ1v) is 9.44. The average Bonchev–Trinajstić information content (AvgIpc) is 3.16. The first-order chi connectivity index (χ1) is 12.6. The molecule has 3 aliphatic rings. The fraction of sp³-hybridized carbons (Fsp3) is 0.579. The molecule has 140 valence electrons. The van der Waals surface area contributed by atoms with E-state index in [4.69, 9.17) is 15.2 Å². The summed E-state index contributed by atoms with van der Waals surface area (Å²) < 4.78 is 10.7. The number of rotatable bonds is 3. The molecule has 4 rings (SSSR count). The third-order valence-electron chi connectivity index (χ3n) is 6.13. The van der Waals surface area contributed by atoms with Crippen molar-refractivity contribution < 1.29 is 24.0 Å². The van der Waals surface area contributed by atoms with E-state index < -0.39 is 5.54 Å². The van der Waals surface area contributed by atoms with E-state index in [1.807, 2.05) is 4.90 Å². The van der Waals surface area contributed by atoms with Crippen molar-refractivity contribution >= 4 is 11.8 Å². The zero-order valence-corrected chi connectivity index (χ0v) is 15.0. The molecule has 2 amide bonds. The van der Waals surface area contributed by atoms with E-state index in [2.05, 4.69) is 0 Å². The van der Waals surface area contributed by atoms with E-state index in [1.54, 1.807) is 18.2 Å². The first kappa shape index (κ1) is 17.1. The van der Waals surface area contributed by atoms with E-state index in [9.17, 15) is 9.59 Å². The number of hydrogen-bond donors (Lipinski definition) is 2. The number of amides is 2. The summed E-state index contributed by atoms with van der Waals surface area (Å²) in [5.74, 6) is 1.03. The predicted molar refractivity (Wildman–Crippen MR) is 94.2 cm³/mol. The van der Waals surface area contributed by atoms with Gasteiger partial charge in [-0.3, -0.25) is 9.59 Å². The SMILES string of the molecule is NC(=O)C1([NH+]2CCCCC2)CCN(C(=O)c2ccc3c(c2)OCO3)CC1. The smallest absolute Gasteiger partial charge is 0.278 e. The van der Waals surface area contributed by atoms with Crippen LogP contribution in [0.4, 0.5) is 0 Å². The third-order valence-corrected chi connectivity index (χ3v) is 6.13. The molecule has 0 atom stereocenters. The Labute approximate surface area is 153 Å². The minimum Gasteiger partial charge on any atom is -0.454 e. The van der Waals surface area contributed by atoms with Crippen LogP contribution in [0.1, 0.15) is 42.5 Å². The van der Waals surface area contributed by atoms with Crippen LogP contribution in [-0.4, -0.2) is 55.2 Å². The van der Waals surface area contributed by atoms with Crippen LogP contribution < -0.4 is 20.1 Å². The minimum absolute atomic E-state index is 0.0324. The second kappa shape index (κ2) is 6.79. The van der Waals surface area contributed by atoms with Crippen LogP contribution in [0.2, 0.25) is 0 Å². The normalized spacial score (nSPS) is 22.2. The first-order valence-electron chi connectivity index (χ1n) is 9.44. The standard InChI is InChI=1S/C19H25N3O4/c20-18(24)19(22-8-2-1-3-9-22)6-10-21(11-7-19)17(23)14-4-5-15-16(12-14)26-13-25-15/h4-5,12H,1-3,6-11,13H2,(H2,20,24)/p+1. The molecule has 2 saturated heterocycles. The van der Waals surface area contributed by atoms with Crippen molar-refractivity contribution in [2.75, 3.05) is 33.0 Å². The Bertz CT molecular complexity index is 707. The number of nitrogens with zero attached hydrogens (tertiary/aromatic N) is 1. The lowest BCUT2D eigenvalue weighted by molar-refractivity contribution is -0.948. The van der Waals surface area contributed by atoms with Gasteiger partial charge in [0.15, 0.2) is 17.0 Å². The Hall–Kier alpha value is -2.28. The summed E-state index contributed by atoms with van der Waals surface area (Å²) in [5.41, 5.74) is 5.90. The highest BCUT2D eigenvalue weighted by atomic mass is 16.7. The van der Waals surface area contributed by atoms with Crippen LogP contribution >= 0.6 is 0 Å². The van der Waals surface area contributed by atoms with Gasteiger partial charge in [-0.15, -0.1) is 0 Å². The summed E-state index contributed by atoms with van der Waals surface area (Å²) in [5, 5.41) is 0. The van der Waals surface area contributed by atoms with Crippen molar-refractivity contribution in [2.24, 2.45) is 5.73 Å². The lowest BCUT2D eigenvalue weighted by Gasteiger charge is -2.45. The van der Waals surface area contributed by atoms with Gasteiger partial charge >= 0.3 is 0 Å². The van der Waals surface area contributed by atoms with Gasteiger partial charge in [-0.2, -0.15) is 0 Å². The van der Waals surface area contributed by atoms with Crippen LogP contribution in [-0.2, 0) is 4.79 Å². The number of piperidine rings is 2. The summed E-state index contributed by atoms with van der Waals surface area (Å²) in [4.78, 5) is 28.3. The highest BCUT2D eigenvalue weighted by Crippen LogP contribution is 2.33. The Morgan fingerprint density at radius 1 is 1.04 bits per heavy atom. The molecule has 0 saturated carbocycles. The van der Waals surface area contributed by atoms with Gasteiger partial charge in [-0.05, 0) is 37.5 Å². The molecule has 3 heterocycles. The molecule has 0 aliphatic carbocycles. The quantitative estimate of drug-likeness (QED) is 0.791. The Kier molecular flexibility index (Phi) is 4.48. The molecule has 7 heteroatoms. The number of ether oxygens (including phenoxy) is 2. The van der Waals surface area contributed by atoms with Crippen molar-refractivity contribution in [3.63, 3.8) is 0 Å². The van der Waals surface area contributed by atoms with E-state index >= 15 is 0 Å². The maximum absolute atomic E-state index is 12.9. The van der Waals surface area contributed by atoms with E-state index in [0.717, 1.165) is 25.9 Å². The van der Waals surface area contributed by atoms with Crippen molar-refractivity contribution in [2.45, 2.75) is 37.6 Å². The largest absolute Gasteiger partial charge is 0.454 e. The lowest BCUT2D eigenvalue weighted by atomic mass is 9.83. The number of carbonyl (C=O) groups is 2. The van der Waals surface area contributed by atoms with Crippen LogP contribution in [0.3, 0.4) is 0 Å². The van der Waals surface area contributed by atoms with Gasteiger partial charge in [0.2, 0.25) is 6.79 Å². The number of likely N-dealkylation sites (tertiary alicyclic amines) is 2. The third kappa shape index (κ3) is 2.90. The minimum atomic E-state index is -0.522. The van der Waals surface area contributed by atoms with E-state index in [1.165, 1.54) is 11.3 Å². The fourth-order valence-corrected chi connectivity index (χ4v) is 4.53. The van der Waals surface area contributed by atoms with Gasteiger partial charge in [-0.1, -0.05) is 0 Å². The highest BCUT2D eigenvalue weighted by molar-refractivity contribution is 5.95. The van der Waals surface area contributed by atoms with Gasteiger partial charge in [-0.25, -0.2) is 0 Å². The topological polar surface area (TPSA) is 86.3 Å². The summed E-state index contributed by atoms with van der Waals surface area (Å²) in [6, 6.07) is 5.27. The Morgan fingerprint density at radius 3 is 2.42 bits per heavy atom. The molecule has 0 bridgehead atoms.